The molecule has 5 nitrogen and oxygen atoms in total. The van der Waals surface area contributed by atoms with Gasteiger partial charge in [-0.15, -0.1) is 12.4 Å². The van der Waals surface area contributed by atoms with Gasteiger partial charge in [0.1, 0.15) is 0 Å². The number of carbonyl (C=O) groups is 2. The summed E-state index contributed by atoms with van der Waals surface area (Å²) >= 11 is 0. The van der Waals surface area contributed by atoms with E-state index in [4.69, 9.17) is 5.73 Å². The van der Waals surface area contributed by atoms with Gasteiger partial charge in [0.25, 0.3) is 0 Å². The standard InChI is InChI=1S/C12H23N3O2.ClH/c1-2-14-11(16)6-3-7-12(17)15-8-4-5-10(15)9-13;/h10H,2-9,13H2,1H3,(H,14,16);1H. The Balaban J connectivity index is 0.00000289. The molecular weight excluding hydrogens is 254 g/mol. The zero-order valence-electron chi connectivity index (χ0n) is 11.0. The van der Waals surface area contributed by atoms with Crippen LogP contribution in [0.1, 0.15) is 39.0 Å². The van der Waals surface area contributed by atoms with Crippen LogP contribution < -0.4 is 11.1 Å². The van der Waals surface area contributed by atoms with Crippen molar-refractivity contribution in [2.75, 3.05) is 19.6 Å². The summed E-state index contributed by atoms with van der Waals surface area (Å²) in [5.41, 5.74) is 5.62. The van der Waals surface area contributed by atoms with Gasteiger partial charge in [0.2, 0.25) is 11.8 Å². The van der Waals surface area contributed by atoms with Crippen LogP contribution in [0.2, 0.25) is 0 Å². The molecule has 106 valence electrons. The van der Waals surface area contributed by atoms with Gasteiger partial charge in [0.05, 0.1) is 0 Å². The van der Waals surface area contributed by atoms with Crippen molar-refractivity contribution >= 4 is 24.2 Å². The molecule has 1 saturated heterocycles. The van der Waals surface area contributed by atoms with Gasteiger partial charge < -0.3 is 16.0 Å². The number of rotatable bonds is 6. The van der Waals surface area contributed by atoms with Crippen molar-refractivity contribution in [2.45, 2.75) is 45.1 Å². The Bertz CT molecular complexity index is 274. The zero-order valence-corrected chi connectivity index (χ0v) is 11.8. The van der Waals surface area contributed by atoms with E-state index in [0.717, 1.165) is 19.4 Å². The Morgan fingerprint density at radius 2 is 2.11 bits per heavy atom. The van der Waals surface area contributed by atoms with Crippen molar-refractivity contribution in [2.24, 2.45) is 5.73 Å². The number of hydrogen-bond acceptors (Lipinski definition) is 3. The second-order valence-electron chi connectivity index (χ2n) is 4.43. The number of nitrogens with one attached hydrogen (secondary N) is 1. The summed E-state index contributed by atoms with van der Waals surface area (Å²) in [7, 11) is 0. The minimum Gasteiger partial charge on any atom is -0.356 e. The predicted octanol–water partition coefficient (Wildman–Crippen LogP) is 0.664. The molecule has 0 radical (unpaired) electrons. The third-order valence-corrected chi connectivity index (χ3v) is 3.14. The predicted molar refractivity (Wildman–Crippen MR) is 73.6 cm³/mol. The highest BCUT2D eigenvalue weighted by Crippen LogP contribution is 2.17. The van der Waals surface area contributed by atoms with Crippen molar-refractivity contribution in [1.29, 1.82) is 0 Å². The molecule has 0 aromatic heterocycles. The second kappa shape index (κ2) is 9.16. The third-order valence-electron chi connectivity index (χ3n) is 3.14. The van der Waals surface area contributed by atoms with Gasteiger partial charge in [-0.25, -0.2) is 0 Å². The highest BCUT2D eigenvalue weighted by Gasteiger charge is 2.26. The van der Waals surface area contributed by atoms with Gasteiger partial charge in [-0.3, -0.25) is 9.59 Å². The SMILES string of the molecule is CCNC(=O)CCCC(=O)N1CCCC1CN.Cl. The molecule has 0 aliphatic carbocycles. The lowest BCUT2D eigenvalue weighted by molar-refractivity contribution is -0.132. The Morgan fingerprint density at radius 3 is 2.72 bits per heavy atom. The number of likely N-dealkylation sites (tertiary alicyclic amines) is 1. The molecule has 0 bridgehead atoms. The lowest BCUT2D eigenvalue weighted by atomic mass is 10.2. The lowest BCUT2D eigenvalue weighted by Gasteiger charge is -2.23. The van der Waals surface area contributed by atoms with E-state index in [2.05, 4.69) is 5.32 Å². The molecule has 1 heterocycles. The lowest BCUT2D eigenvalue weighted by Crippen LogP contribution is -2.39. The fraction of sp³-hybridized carbons (Fsp3) is 0.833. The van der Waals surface area contributed by atoms with Crippen molar-refractivity contribution < 1.29 is 9.59 Å². The van der Waals surface area contributed by atoms with Crippen LogP contribution in [0.3, 0.4) is 0 Å². The van der Waals surface area contributed by atoms with E-state index >= 15 is 0 Å². The summed E-state index contributed by atoms with van der Waals surface area (Å²) in [5.74, 6) is 0.166. The van der Waals surface area contributed by atoms with E-state index in [-0.39, 0.29) is 30.3 Å². The fourth-order valence-corrected chi connectivity index (χ4v) is 2.24. The van der Waals surface area contributed by atoms with Crippen LogP contribution in [-0.2, 0) is 9.59 Å². The monoisotopic (exact) mass is 277 g/mol. The van der Waals surface area contributed by atoms with Crippen LogP contribution in [0.25, 0.3) is 0 Å². The molecule has 0 aromatic rings. The van der Waals surface area contributed by atoms with Crippen LogP contribution in [-0.4, -0.2) is 42.4 Å². The topological polar surface area (TPSA) is 75.4 Å². The van der Waals surface area contributed by atoms with E-state index in [1.807, 2.05) is 11.8 Å². The normalized spacial score (nSPS) is 18.3. The maximum atomic E-state index is 11.9. The maximum absolute atomic E-state index is 11.9. The molecule has 0 aromatic carbocycles. The van der Waals surface area contributed by atoms with Gasteiger partial charge in [-0.2, -0.15) is 0 Å². The van der Waals surface area contributed by atoms with Crippen molar-refractivity contribution in [3.8, 4) is 0 Å². The Morgan fingerprint density at radius 1 is 1.39 bits per heavy atom. The molecule has 1 aliphatic rings. The van der Waals surface area contributed by atoms with Gasteiger partial charge in [-0.1, -0.05) is 0 Å². The first kappa shape index (κ1) is 17.2. The minimum atomic E-state index is 0. The molecule has 1 fully saturated rings. The summed E-state index contributed by atoms with van der Waals surface area (Å²) in [4.78, 5) is 25.0. The van der Waals surface area contributed by atoms with Crippen molar-refractivity contribution in [3.63, 3.8) is 0 Å². The summed E-state index contributed by atoms with van der Waals surface area (Å²) in [6, 6.07) is 0.215. The van der Waals surface area contributed by atoms with Crippen molar-refractivity contribution in [3.05, 3.63) is 0 Å². The molecule has 0 spiro atoms. The van der Waals surface area contributed by atoms with Gasteiger partial charge >= 0.3 is 0 Å². The number of nitrogens with two attached hydrogens (primary N) is 1. The molecule has 1 unspecified atom stereocenters. The smallest absolute Gasteiger partial charge is 0.222 e. The molecule has 6 heteroatoms. The van der Waals surface area contributed by atoms with E-state index in [9.17, 15) is 9.59 Å². The number of hydrogen-bond donors (Lipinski definition) is 2. The van der Waals surface area contributed by atoms with Crippen LogP contribution in [0.15, 0.2) is 0 Å². The molecular formula is C12H24ClN3O2. The molecule has 2 amide bonds. The van der Waals surface area contributed by atoms with Crippen LogP contribution in [0.5, 0.6) is 0 Å². The minimum absolute atomic E-state index is 0. The quantitative estimate of drug-likeness (QED) is 0.749. The summed E-state index contributed by atoms with van der Waals surface area (Å²) < 4.78 is 0. The average molecular weight is 278 g/mol. The molecule has 3 N–H and O–H groups in total. The van der Waals surface area contributed by atoms with Gasteiger partial charge in [-0.05, 0) is 26.2 Å². The van der Waals surface area contributed by atoms with Gasteiger partial charge in [0.15, 0.2) is 0 Å². The van der Waals surface area contributed by atoms with Crippen LogP contribution in [0.4, 0.5) is 0 Å². The zero-order chi connectivity index (χ0) is 12.7. The highest BCUT2D eigenvalue weighted by molar-refractivity contribution is 5.85. The Kier molecular flexibility index (Phi) is 8.75. The van der Waals surface area contributed by atoms with E-state index in [0.29, 0.717) is 32.4 Å². The van der Waals surface area contributed by atoms with Gasteiger partial charge in [0, 0.05) is 38.5 Å². The summed E-state index contributed by atoms with van der Waals surface area (Å²) in [5, 5.41) is 2.72. The van der Waals surface area contributed by atoms with E-state index in [1.54, 1.807) is 0 Å². The molecule has 1 atom stereocenters. The first-order valence-electron chi connectivity index (χ1n) is 6.45. The molecule has 1 aliphatic heterocycles. The second-order valence-corrected chi connectivity index (χ2v) is 4.43. The first-order valence-corrected chi connectivity index (χ1v) is 6.45. The number of halogens is 1. The largest absolute Gasteiger partial charge is 0.356 e. The van der Waals surface area contributed by atoms with E-state index in [1.165, 1.54) is 0 Å². The third kappa shape index (κ3) is 5.23. The summed E-state index contributed by atoms with van der Waals surface area (Å²) in [6.45, 7) is 3.90. The molecule has 1 rings (SSSR count). The van der Waals surface area contributed by atoms with Crippen LogP contribution in [0, 0.1) is 0 Å². The molecule has 0 saturated carbocycles. The molecule has 18 heavy (non-hydrogen) atoms. The summed E-state index contributed by atoms with van der Waals surface area (Å²) in [6.07, 6.45) is 3.56. The Hall–Kier alpha value is -0.810. The van der Waals surface area contributed by atoms with Crippen molar-refractivity contribution in [1.82, 2.24) is 10.2 Å². The van der Waals surface area contributed by atoms with Crippen LogP contribution >= 0.6 is 12.4 Å². The number of nitrogens with zero attached hydrogens (tertiary/aromatic N) is 1. The fourth-order valence-electron chi connectivity index (χ4n) is 2.24. The maximum Gasteiger partial charge on any atom is 0.222 e. The average Bonchev–Trinajstić information content (AvgIpc) is 2.77. The Labute approximate surface area is 115 Å². The number of carbonyl (C=O) groups excluding carboxylic acids is 2. The number of amides is 2. The first-order chi connectivity index (χ1) is 8.19. The van der Waals surface area contributed by atoms with E-state index < -0.39 is 0 Å². The highest BCUT2D eigenvalue weighted by atomic mass is 35.5.